The zero-order valence-corrected chi connectivity index (χ0v) is 14.4. The molecular formula is C20H18O6. The van der Waals surface area contributed by atoms with Crippen molar-refractivity contribution >= 4 is 11.9 Å². The van der Waals surface area contributed by atoms with Gasteiger partial charge in [0.1, 0.15) is 0 Å². The van der Waals surface area contributed by atoms with Gasteiger partial charge in [-0.2, -0.15) is 0 Å². The van der Waals surface area contributed by atoms with Crippen LogP contribution in [0, 0.1) is 0 Å². The normalized spacial score (nSPS) is 10.1. The first-order valence-electron chi connectivity index (χ1n) is 7.61. The maximum atomic E-state index is 11.7. The lowest BCUT2D eigenvalue weighted by molar-refractivity contribution is -0.131. The molecule has 134 valence electrons. The molecule has 2 N–H and O–H groups in total. The Balaban J connectivity index is 2.39. The summed E-state index contributed by atoms with van der Waals surface area (Å²) in [7, 11) is 0. The molecule has 0 radical (unpaired) electrons. The minimum Gasteiger partial charge on any atom is -0.504 e. The van der Waals surface area contributed by atoms with E-state index in [1.54, 1.807) is 12.1 Å². The average Bonchev–Trinajstić information content (AvgIpc) is 2.58. The number of esters is 2. The second-order valence-corrected chi connectivity index (χ2v) is 5.70. The Labute approximate surface area is 150 Å². The molecule has 0 atom stereocenters. The number of ether oxygens (including phenoxy) is 2. The minimum atomic E-state index is -0.667. The molecule has 0 aliphatic carbocycles. The van der Waals surface area contributed by atoms with Crippen LogP contribution in [-0.2, 0) is 9.59 Å². The number of rotatable bonds is 5. The zero-order valence-electron chi connectivity index (χ0n) is 14.4. The van der Waals surface area contributed by atoms with Gasteiger partial charge in [-0.15, -0.1) is 0 Å². The smallest absolute Gasteiger partial charge is 0.338 e. The first-order chi connectivity index (χ1) is 12.2. The molecule has 0 saturated carbocycles. The van der Waals surface area contributed by atoms with Gasteiger partial charge in [0.05, 0.1) is 0 Å². The second kappa shape index (κ2) is 7.57. The van der Waals surface area contributed by atoms with E-state index in [2.05, 4.69) is 13.2 Å². The molecule has 2 aromatic carbocycles. The average molecular weight is 354 g/mol. The van der Waals surface area contributed by atoms with Crippen LogP contribution in [0.25, 0.3) is 11.1 Å². The Morgan fingerprint density at radius 2 is 1.12 bits per heavy atom. The Bertz CT molecular complexity index is 835. The summed E-state index contributed by atoms with van der Waals surface area (Å²) >= 11 is 0. The van der Waals surface area contributed by atoms with Crippen molar-refractivity contribution in [2.75, 3.05) is 0 Å². The lowest BCUT2D eigenvalue weighted by atomic mass is 10.0. The predicted molar refractivity (Wildman–Crippen MR) is 96.1 cm³/mol. The summed E-state index contributed by atoms with van der Waals surface area (Å²) in [5.74, 6) is -1.83. The summed E-state index contributed by atoms with van der Waals surface area (Å²) in [4.78, 5) is 23.3. The van der Waals surface area contributed by atoms with Gasteiger partial charge in [-0.25, -0.2) is 9.59 Å². The highest BCUT2D eigenvalue weighted by Crippen LogP contribution is 2.36. The van der Waals surface area contributed by atoms with Crippen molar-refractivity contribution in [1.29, 1.82) is 0 Å². The van der Waals surface area contributed by atoms with E-state index in [0.29, 0.717) is 11.1 Å². The van der Waals surface area contributed by atoms with Crippen molar-refractivity contribution in [2.45, 2.75) is 13.8 Å². The van der Waals surface area contributed by atoms with Crippen molar-refractivity contribution in [2.24, 2.45) is 0 Å². The summed E-state index contributed by atoms with van der Waals surface area (Å²) in [6, 6.07) is 8.81. The lowest BCUT2D eigenvalue weighted by Gasteiger charge is -2.11. The van der Waals surface area contributed by atoms with Crippen molar-refractivity contribution in [1.82, 2.24) is 0 Å². The number of benzene rings is 2. The molecule has 0 aromatic heterocycles. The summed E-state index contributed by atoms with van der Waals surface area (Å²) in [6.07, 6.45) is 0. The van der Waals surface area contributed by atoms with Crippen LogP contribution in [0.1, 0.15) is 13.8 Å². The van der Waals surface area contributed by atoms with Crippen molar-refractivity contribution in [3.8, 4) is 34.1 Å². The van der Waals surface area contributed by atoms with Crippen LogP contribution in [-0.4, -0.2) is 22.2 Å². The van der Waals surface area contributed by atoms with E-state index in [9.17, 15) is 19.8 Å². The van der Waals surface area contributed by atoms with Crippen LogP contribution in [0.5, 0.6) is 23.0 Å². The molecule has 0 fully saturated rings. The van der Waals surface area contributed by atoms with E-state index in [1.165, 1.54) is 38.1 Å². The highest BCUT2D eigenvalue weighted by Gasteiger charge is 2.14. The fourth-order valence-corrected chi connectivity index (χ4v) is 1.92. The van der Waals surface area contributed by atoms with Crippen LogP contribution in [0.4, 0.5) is 0 Å². The van der Waals surface area contributed by atoms with E-state index < -0.39 is 11.9 Å². The number of hydrogen-bond acceptors (Lipinski definition) is 6. The van der Waals surface area contributed by atoms with Gasteiger partial charge >= 0.3 is 11.9 Å². The number of hydrogen-bond donors (Lipinski definition) is 2. The second-order valence-electron chi connectivity index (χ2n) is 5.70. The van der Waals surface area contributed by atoms with Crippen LogP contribution in [0.3, 0.4) is 0 Å². The minimum absolute atomic E-state index is 0.0379. The molecule has 6 heteroatoms. The van der Waals surface area contributed by atoms with Crippen molar-refractivity contribution in [3.63, 3.8) is 0 Å². The fourth-order valence-electron chi connectivity index (χ4n) is 1.92. The van der Waals surface area contributed by atoms with E-state index in [4.69, 9.17) is 9.47 Å². The molecule has 0 saturated heterocycles. The third-order valence-electron chi connectivity index (χ3n) is 3.36. The number of aromatic hydroxyl groups is 2. The van der Waals surface area contributed by atoms with Gasteiger partial charge in [-0.3, -0.25) is 0 Å². The quantitative estimate of drug-likeness (QED) is 0.483. The predicted octanol–water partition coefficient (Wildman–Crippen LogP) is 3.73. The Morgan fingerprint density at radius 3 is 1.42 bits per heavy atom. The molecule has 0 aliphatic heterocycles. The van der Waals surface area contributed by atoms with Gasteiger partial charge in [-0.1, -0.05) is 25.3 Å². The number of carbonyl (C=O) groups is 2. The van der Waals surface area contributed by atoms with E-state index in [1.807, 2.05) is 0 Å². The van der Waals surface area contributed by atoms with E-state index in [-0.39, 0.29) is 34.1 Å². The maximum Gasteiger partial charge on any atom is 0.338 e. The third-order valence-corrected chi connectivity index (χ3v) is 3.36. The van der Waals surface area contributed by atoms with E-state index in [0.717, 1.165) is 0 Å². The van der Waals surface area contributed by atoms with Gasteiger partial charge in [0.15, 0.2) is 23.0 Å². The molecule has 0 aliphatic rings. The standard InChI is InChI=1S/C20H18O6/c1-11(2)19(23)25-17-9-13(5-7-15(17)21)14-6-8-16(22)18(10-14)26-20(24)12(3)4/h5-10,21-22H,1,3H2,2,4H3. The molecule has 0 bridgehead atoms. The monoisotopic (exact) mass is 354 g/mol. The summed E-state index contributed by atoms with van der Waals surface area (Å²) in [6.45, 7) is 9.95. The molecule has 0 spiro atoms. The van der Waals surface area contributed by atoms with Crippen LogP contribution < -0.4 is 9.47 Å². The third kappa shape index (κ3) is 4.30. The molecule has 0 unspecified atom stereocenters. The first kappa shape index (κ1) is 18.8. The van der Waals surface area contributed by atoms with Crippen LogP contribution in [0.2, 0.25) is 0 Å². The Hall–Kier alpha value is -3.54. The highest BCUT2D eigenvalue weighted by atomic mass is 16.5. The van der Waals surface area contributed by atoms with E-state index >= 15 is 0 Å². The SMILES string of the molecule is C=C(C)C(=O)Oc1cc(-c2ccc(O)c(OC(=O)C(=C)C)c2)ccc1O. The van der Waals surface area contributed by atoms with Gasteiger partial charge < -0.3 is 19.7 Å². The molecular weight excluding hydrogens is 336 g/mol. The van der Waals surface area contributed by atoms with Crippen LogP contribution >= 0.6 is 0 Å². The number of carbonyl (C=O) groups excluding carboxylic acids is 2. The van der Waals surface area contributed by atoms with Gasteiger partial charge in [0, 0.05) is 11.1 Å². The van der Waals surface area contributed by atoms with Gasteiger partial charge in [0.2, 0.25) is 0 Å². The van der Waals surface area contributed by atoms with Crippen molar-refractivity contribution in [3.05, 3.63) is 60.7 Å². The Morgan fingerprint density at radius 1 is 0.769 bits per heavy atom. The summed E-state index contributed by atoms with van der Waals surface area (Å²) in [5.41, 5.74) is 1.52. The first-order valence-corrected chi connectivity index (χ1v) is 7.61. The van der Waals surface area contributed by atoms with Crippen molar-refractivity contribution < 1.29 is 29.3 Å². The summed E-state index contributed by atoms with van der Waals surface area (Å²) in [5, 5.41) is 19.7. The molecule has 2 aromatic rings. The number of phenols is 2. The van der Waals surface area contributed by atoms with Gasteiger partial charge in [-0.05, 0) is 49.2 Å². The molecule has 0 amide bonds. The number of phenolic OH excluding ortho intramolecular Hbond substituents is 2. The topological polar surface area (TPSA) is 93.1 Å². The highest BCUT2D eigenvalue weighted by molar-refractivity contribution is 5.90. The molecule has 0 heterocycles. The zero-order chi connectivity index (χ0) is 19.4. The Kier molecular flexibility index (Phi) is 5.47. The lowest BCUT2D eigenvalue weighted by Crippen LogP contribution is -2.08. The largest absolute Gasteiger partial charge is 0.504 e. The van der Waals surface area contributed by atoms with Crippen LogP contribution in [0.15, 0.2) is 60.7 Å². The maximum absolute atomic E-state index is 11.7. The fraction of sp³-hybridized carbons (Fsp3) is 0.100. The molecule has 26 heavy (non-hydrogen) atoms. The molecule has 6 nitrogen and oxygen atoms in total. The van der Waals surface area contributed by atoms with Gasteiger partial charge in [0.25, 0.3) is 0 Å². The molecule has 2 rings (SSSR count). The summed E-state index contributed by atoms with van der Waals surface area (Å²) < 4.78 is 10.2.